The van der Waals surface area contributed by atoms with Crippen molar-refractivity contribution in [2.75, 3.05) is 0 Å². The van der Waals surface area contributed by atoms with Gasteiger partial charge in [0.05, 0.1) is 5.52 Å². The lowest BCUT2D eigenvalue weighted by molar-refractivity contribution is 0.452. The highest BCUT2D eigenvalue weighted by atomic mass is 35.5. The lowest BCUT2D eigenvalue weighted by Gasteiger charge is -1.95. The van der Waals surface area contributed by atoms with Gasteiger partial charge < -0.3 is 5.11 Å². The maximum Gasteiger partial charge on any atom is 0.207 e. The van der Waals surface area contributed by atoms with Crippen LogP contribution < -0.4 is 0 Å². The lowest BCUT2D eigenvalue weighted by Crippen LogP contribution is -1.78. The van der Waals surface area contributed by atoms with E-state index in [0.29, 0.717) is 0 Å². The summed E-state index contributed by atoms with van der Waals surface area (Å²) in [5, 5.41) is 10.3. The third-order valence-corrected chi connectivity index (χ3v) is 2.34. The number of hydrogen-bond acceptors (Lipinski definition) is 1. The van der Waals surface area contributed by atoms with Gasteiger partial charge in [-0.25, -0.2) is 4.09 Å². The summed E-state index contributed by atoms with van der Waals surface area (Å²) in [6, 6.07) is 7.43. The van der Waals surface area contributed by atoms with Crippen LogP contribution in [0.4, 0.5) is 0 Å². The van der Waals surface area contributed by atoms with Gasteiger partial charge in [0, 0.05) is 23.2 Å². The van der Waals surface area contributed by atoms with Gasteiger partial charge >= 0.3 is 0 Å². The standard InChI is InChI=1S/C9H8ClNO/c1-6-3-2-4-8-7(6)5-9(12)11(8)10/h2-5,12H,1H3. The number of aromatic hydroxyl groups is 1. The number of aryl methyl sites for hydroxylation is 1. The molecule has 62 valence electrons. The molecule has 1 aromatic heterocycles. The van der Waals surface area contributed by atoms with Crippen LogP contribution in [0.3, 0.4) is 0 Å². The molecule has 0 saturated heterocycles. The molecule has 2 rings (SSSR count). The fourth-order valence-electron chi connectivity index (χ4n) is 1.33. The summed E-state index contributed by atoms with van der Waals surface area (Å²) in [5.41, 5.74) is 1.95. The normalized spacial score (nSPS) is 10.8. The van der Waals surface area contributed by atoms with Crippen molar-refractivity contribution in [1.82, 2.24) is 4.09 Å². The van der Waals surface area contributed by atoms with E-state index in [1.165, 1.54) is 4.09 Å². The van der Waals surface area contributed by atoms with E-state index in [4.69, 9.17) is 11.8 Å². The number of hydrogen-bond donors (Lipinski definition) is 1. The monoisotopic (exact) mass is 181 g/mol. The fourth-order valence-corrected chi connectivity index (χ4v) is 1.53. The van der Waals surface area contributed by atoms with Crippen molar-refractivity contribution in [1.29, 1.82) is 0 Å². The number of aromatic nitrogens is 1. The Bertz CT molecular complexity index is 433. The average molecular weight is 182 g/mol. The molecular weight excluding hydrogens is 174 g/mol. The highest BCUT2D eigenvalue weighted by Crippen LogP contribution is 2.27. The maximum absolute atomic E-state index is 9.30. The van der Waals surface area contributed by atoms with Gasteiger partial charge in [-0.3, -0.25) is 0 Å². The van der Waals surface area contributed by atoms with Crippen LogP contribution in [-0.2, 0) is 0 Å². The van der Waals surface area contributed by atoms with Crippen LogP contribution in [0, 0.1) is 6.92 Å². The van der Waals surface area contributed by atoms with E-state index >= 15 is 0 Å². The molecule has 0 fully saturated rings. The molecule has 3 heteroatoms. The predicted octanol–water partition coefficient (Wildman–Crippen LogP) is 2.66. The maximum atomic E-state index is 9.30. The number of nitrogens with zero attached hydrogens (tertiary/aromatic N) is 1. The molecule has 0 atom stereocenters. The molecule has 0 saturated carbocycles. The summed E-state index contributed by atoms with van der Waals surface area (Å²) in [4.78, 5) is 0. The van der Waals surface area contributed by atoms with Crippen molar-refractivity contribution in [3.63, 3.8) is 0 Å². The Kier molecular flexibility index (Phi) is 1.51. The summed E-state index contributed by atoms with van der Waals surface area (Å²) in [6.07, 6.45) is 0. The number of rotatable bonds is 0. The van der Waals surface area contributed by atoms with Crippen LogP contribution in [-0.4, -0.2) is 9.19 Å². The van der Waals surface area contributed by atoms with Crippen molar-refractivity contribution >= 4 is 22.7 Å². The van der Waals surface area contributed by atoms with E-state index in [2.05, 4.69) is 0 Å². The summed E-state index contributed by atoms with van der Waals surface area (Å²) >= 11 is 5.78. The van der Waals surface area contributed by atoms with E-state index in [-0.39, 0.29) is 5.88 Å². The first-order chi connectivity index (χ1) is 5.70. The van der Waals surface area contributed by atoms with Crippen LogP contribution >= 0.6 is 11.8 Å². The molecule has 12 heavy (non-hydrogen) atoms. The molecule has 0 spiro atoms. The minimum absolute atomic E-state index is 0.0842. The van der Waals surface area contributed by atoms with E-state index in [1.807, 2.05) is 25.1 Å². The van der Waals surface area contributed by atoms with Gasteiger partial charge in [-0.1, -0.05) is 12.1 Å². The number of halogens is 1. The van der Waals surface area contributed by atoms with Crippen LogP contribution in [0.1, 0.15) is 5.56 Å². The van der Waals surface area contributed by atoms with Crippen LogP contribution in [0.2, 0.25) is 0 Å². The molecule has 0 unspecified atom stereocenters. The first kappa shape index (κ1) is 7.50. The fraction of sp³-hybridized carbons (Fsp3) is 0.111. The van der Waals surface area contributed by atoms with E-state index in [9.17, 15) is 5.11 Å². The highest BCUT2D eigenvalue weighted by molar-refractivity contribution is 6.20. The van der Waals surface area contributed by atoms with Gasteiger partial charge in [-0.2, -0.15) is 0 Å². The van der Waals surface area contributed by atoms with Gasteiger partial charge in [0.15, 0.2) is 0 Å². The second kappa shape index (κ2) is 2.42. The van der Waals surface area contributed by atoms with Crippen molar-refractivity contribution in [3.8, 4) is 5.88 Å². The van der Waals surface area contributed by atoms with Crippen LogP contribution in [0.25, 0.3) is 10.9 Å². The molecule has 0 bridgehead atoms. The number of benzene rings is 1. The van der Waals surface area contributed by atoms with Crippen molar-refractivity contribution in [2.45, 2.75) is 6.92 Å². The second-order valence-electron chi connectivity index (χ2n) is 2.79. The summed E-state index contributed by atoms with van der Waals surface area (Å²) < 4.78 is 1.25. The van der Waals surface area contributed by atoms with Gasteiger partial charge in [-0.05, 0) is 18.6 Å². The molecule has 0 aliphatic heterocycles. The molecule has 2 aromatic rings. The SMILES string of the molecule is Cc1cccc2c1cc(O)n2Cl. The Labute approximate surface area is 75.1 Å². The molecule has 0 amide bonds. The minimum Gasteiger partial charge on any atom is -0.494 e. The molecule has 1 aromatic carbocycles. The third-order valence-electron chi connectivity index (χ3n) is 1.99. The minimum atomic E-state index is 0.0842. The van der Waals surface area contributed by atoms with Gasteiger partial charge in [-0.15, -0.1) is 0 Å². The van der Waals surface area contributed by atoms with E-state index in [0.717, 1.165) is 16.5 Å². The Balaban J connectivity index is 2.95. The molecule has 1 N–H and O–H groups in total. The zero-order valence-corrected chi connectivity index (χ0v) is 7.34. The average Bonchev–Trinajstić information content (AvgIpc) is 2.32. The number of fused-ring (bicyclic) bond motifs is 1. The Hall–Kier alpha value is -1.15. The van der Waals surface area contributed by atoms with Gasteiger partial charge in [0.25, 0.3) is 0 Å². The first-order valence-electron chi connectivity index (χ1n) is 3.66. The predicted molar refractivity (Wildman–Crippen MR) is 49.6 cm³/mol. The van der Waals surface area contributed by atoms with Crippen LogP contribution in [0.5, 0.6) is 5.88 Å². The quantitative estimate of drug-likeness (QED) is 0.664. The molecular formula is C9H8ClNO. The van der Waals surface area contributed by atoms with Crippen molar-refractivity contribution < 1.29 is 5.11 Å². The molecule has 0 radical (unpaired) electrons. The van der Waals surface area contributed by atoms with Crippen molar-refractivity contribution in [3.05, 3.63) is 29.8 Å². The summed E-state index contributed by atoms with van der Waals surface area (Å²) in [6.45, 7) is 1.98. The highest BCUT2D eigenvalue weighted by Gasteiger charge is 2.06. The lowest BCUT2D eigenvalue weighted by atomic mass is 10.1. The van der Waals surface area contributed by atoms with E-state index in [1.54, 1.807) is 6.07 Å². The van der Waals surface area contributed by atoms with Crippen LogP contribution in [0.15, 0.2) is 24.3 Å². The smallest absolute Gasteiger partial charge is 0.207 e. The van der Waals surface area contributed by atoms with E-state index < -0.39 is 0 Å². The van der Waals surface area contributed by atoms with Gasteiger partial charge in [0.2, 0.25) is 5.88 Å². The van der Waals surface area contributed by atoms with Crippen molar-refractivity contribution in [2.24, 2.45) is 0 Å². The zero-order valence-electron chi connectivity index (χ0n) is 6.58. The molecule has 0 aliphatic rings. The van der Waals surface area contributed by atoms with Gasteiger partial charge in [0.1, 0.15) is 0 Å². The summed E-state index contributed by atoms with van der Waals surface area (Å²) in [7, 11) is 0. The Morgan fingerprint density at radius 3 is 2.83 bits per heavy atom. The second-order valence-corrected chi connectivity index (χ2v) is 3.13. The Morgan fingerprint density at radius 2 is 2.17 bits per heavy atom. The Morgan fingerprint density at radius 1 is 1.42 bits per heavy atom. The molecule has 1 heterocycles. The first-order valence-corrected chi connectivity index (χ1v) is 4.00. The molecule has 2 nitrogen and oxygen atoms in total. The zero-order chi connectivity index (χ0) is 8.72. The largest absolute Gasteiger partial charge is 0.494 e. The third kappa shape index (κ3) is 0.883. The molecule has 0 aliphatic carbocycles. The topological polar surface area (TPSA) is 25.2 Å². The summed E-state index contributed by atoms with van der Waals surface area (Å²) in [5.74, 6) is 0.0842.